The number of thioether (sulfide) groups is 1. The maximum atomic E-state index is 13.6. The van der Waals surface area contributed by atoms with Crippen molar-refractivity contribution in [2.75, 3.05) is 16.4 Å². The Morgan fingerprint density at radius 3 is 2.28 bits per heavy atom. The standard InChI is InChI=1S/C35H25ClF3N3O3S/c36-25-16-17-30(29(19-25)35(37,38)39)41-32(43)21-46-27-14-7-13-26(20-27)40-34(45)31(42-33(44)23-9-2-1-3-10-23)18-24-12-6-11-22-8-4-5-15-28(22)24/h1-20H,21H2,(H,40,45)(H,41,43)(H,42,44)/b31-18+. The SMILES string of the molecule is O=C(CSc1cccc(NC(=O)/C(=C\c2cccc3ccccc23)NC(=O)c2ccccc2)c1)Nc1ccc(Cl)cc1C(F)(F)F. The third kappa shape index (κ3) is 8.35. The van der Waals surface area contributed by atoms with Crippen molar-refractivity contribution in [3.8, 4) is 0 Å². The summed E-state index contributed by atoms with van der Waals surface area (Å²) in [4.78, 5) is 39.7. The van der Waals surface area contributed by atoms with Crippen molar-refractivity contribution in [3.63, 3.8) is 0 Å². The summed E-state index contributed by atoms with van der Waals surface area (Å²) in [5.74, 6) is -1.90. The van der Waals surface area contributed by atoms with E-state index in [4.69, 9.17) is 11.6 Å². The first-order valence-corrected chi connectivity index (χ1v) is 15.2. The Morgan fingerprint density at radius 1 is 0.783 bits per heavy atom. The highest BCUT2D eigenvalue weighted by Gasteiger charge is 2.34. The number of benzene rings is 5. The van der Waals surface area contributed by atoms with E-state index < -0.39 is 35.1 Å². The van der Waals surface area contributed by atoms with E-state index in [1.54, 1.807) is 60.7 Å². The number of fused-ring (bicyclic) bond motifs is 1. The van der Waals surface area contributed by atoms with Gasteiger partial charge >= 0.3 is 6.18 Å². The Kier molecular flexibility index (Phi) is 10.1. The molecule has 0 aliphatic carbocycles. The maximum Gasteiger partial charge on any atom is 0.418 e. The highest BCUT2D eigenvalue weighted by atomic mass is 35.5. The van der Waals surface area contributed by atoms with Crippen LogP contribution in [0.1, 0.15) is 21.5 Å². The molecule has 0 spiro atoms. The van der Waals surface area contributed by atoms with Crippen LogP contribution in [-0.2, 0) is 15.8 Å². The molecule has 0 saturated carbocycles. The second kappa shape index (κ2) is 14.4. The quantitative estimate of drug-likeness (QED) is 0.109. The average Bonchev–Trinajstić information content (AvgIpc) is 3.04. The third-order valence-corrected chi connectivity index (χ3v) is 7.90. The molecule has 11 heteroatoms. The number of hydrogen-bond acceptors (Lipinski definition) is 4. The van der Waals surface area contributed by atoms with E-state index in [-0.39, 0.29) is 16.5 Å². The lowest BCUT2D eigenvalue weighted by molar-refractivity contribution is -0.137. The highest BCUT2D eigenvalue weighted by molar-refractivity contribution is 8.00. The van der Waals surface area contributed by atoms with Crippen molar-refractivity contribution < 1.29 is 27.6 Å². The van der Waals surface area contributed by atoms with E-state index >= 15 is 0 Å². The van der Waals surface area contributed by atoms with Crippen molar-refractivity contribution in [2.24, 2.45) is 0 Å². The van der Waals surface area contributed by atoms with Gasteiger partial charge in [-0.2, -0.15) is 13.2 Å². The molecule has 0 fully saturated rings. The van der Waals surface area contributed by atoms with Crippen LogP contribution in [0, 0.1) is 0 Å². The molecule has 0 radical (unpaired) electrons. The largest absolute Gasteiger partial charge is 0.418 e. The van der Waals surface area contributed by atoms with E-state index in [1.807, 2.05) is 42.5 Å². The van der Waals surface area contributed by atoms with E-state index in [0.29, 0.717) is 16.1 Å². The fraction of sp³-hybridized carbons (Fsp3) is 0.0571. The number of amides is 3. The van der Waals surface area contributed by atoms with Crippen molar-refractivity contribution in [2.45, 2.75) is 11.1 Å². The number of halogens is 4. The summed E-state index contributed by atoms with van der Waals surface area (Å²) in [5.41, 5.74) is 0.0377. The number of carbonyl (C=O) groups is 3. The first kappa shape index (κ1) is 32.3. The normalized spacial score (nSPS) is 11.6. The molecule has 0 unspecified atom stereocenters. The number of hydrogen-bond donors (Lipinski definition) is 3. The smallest absolute Gasteiger partial charge is 0.325 e. The van der Waals surface area contributed by atoms with Gasteiger partial charge in [0.25, 0.3) is 11.8 Å². The van der Waals surface area contributed by atoms with Crippen LogP contribution in [0.25, 0.3) is 16.8 Å². The van der Waals surface area contributed by atoms with Crippen LogP contribution in [0.4, 0.5) is 24.5 Å². The number of alkyl halides is 3. The molecular weight excluding hydrogens is 635 g/mol. The molecule has 5 rings (SSSR count). The monoisotopic (exact) mass is 659 g/mol. The van der Waals surface area contributed by atoms with Gasteiger partial charge in [0.05, 0.1) is 17.0 Å². The zero-order valence-electron chi connectivity index (χ0n) is 23.9. The van der Waals surface area contributed by atoms with Gasteiger partial charge in [-0.1, -0.05) is 78.3 Å². The van der Waals surface area contributed by atoms with Gasteiger partial charge in [0, 0.05) is 21.2 Å². The van der Waals surface area contributed by atoms with Gasteiger partial charge in [-0.25, -0.2) is 0 Å². The van der Waals surface area contributed by atoms with Gasteiger partial charge in [0.1, 0.15) is 5.70 Å². The molecule has 3 amide bonds. The van der Waals surface area contributed by atoms with Crippen LogP contribution in [0.5, 0.6) is 0 Å². The molecule has 0 aliphatic rings. The summed E-state index contributed by atoms with van der Waals surface area (Å²) >= 11 is 6.79. The molecule has 5 aromatic rings. The van der Waals surface area contributed by atoms with E-state index in [1.165, 1.54) is 6.07 Å². The number of nitrogens with one attached hydrogen (secondary N) is 3. The molecule has 0 heterocycles. The van der Waals surface area contributed by atoms with Gasteiger partial charge in [-0.15, -0.1) is 11.8 Å². The van der Waals surface area contributed by atoms with E-state index in [2.05, 4.69) is 16.0 Å². The van der Waals surface area contributed by atoms with E-state index in [0.717, 1.165) is 40.2 Å². The molecule has 0 aliphatic heterocycles. The molecule has 3 N–H and O–H groups in total. The summed E-state index contributed by atoms with van der Waals surface area (Å²) in [7, 11) is 0. The molecule has 232 valence electrons. The predicted molar refractivity (Wildman–Crippen MR) is 177 cm³/mol. The molecule has 5 aromatic carbocycles. The Bertz CT molecular complexity index is 1940. The van der Waals surface area contributed by atoms with Crippen molar-refractivity contribution in [1.82, 2.24) is 5.32 Å². The van der Waals surface area contributed by atoms with Crippen molar-refractivity contribution >= 4 is 69.3 Å². The van der Waals surface area contributed by atoms with Crippen molar-refractivity contribution in [3.05, 3.63) is 143 Å². The molecule has 6 nitrogen and oxygen atoms in total. The van der Waals surface area contributed by atoms with Crippen LogP contribution in [0.3, 0.4) is 0 Å². The van der Waals surface area contributed by atoms with Gasteiger partial charge in [0.2, 0.25) is 5.91 Å². The lowest BCUT2D eigenvalue weighted by Gasteiger charge is -2.14. The molecule has 46 heavy (non-hydrogen) atoms. The molecule has 0 saturated heterocycles. The minimum absolute atomic E-state index is 0.00562. The lowest BCUT2D eigenvalue weighted by Crippen LogP contribution is -2.30. The summed E-state index contributed by atoms with van der Waals surface area (Å²) in [5, 5.41) is 9.56. The fourth-order valence-corrected chi connectivity index (χ4v) is 5.46. The van der Waals surface area contributed by atoms with Gasteiger partial charge < -0.3 is 16.0 Å². The maximum absolute atomic E-state index is 13.6. The van der Waals surface area contributed by atoms with Crippen molar-refractivity contribution in [1.29, 1.82) is 0 Å². The Morgan fingerprint density at radius 2 is 1.50 bits per heavy atom. The van der Waals surface area contributed by atoms with Crippen LogP contribution in [0.15, 0.2) is 126 Å². The second-order valence-corrected chi connectivity index (χ2v) is 11.4. The van der Waals surface area contributed by atoms with E-state index in [9.17, 15) is 27.6 Å². The average molecular weight is 660 g/mol. The fourth-order valence-electron chi connectivity index (χ4n) is 4.53. The predicted octanol–water partition coefficient (Wildman–Crippen LogP) is 8.65. The second-order valence-electron chi connectivity index (χ2n) is 9.95. The van der Waals surface area contributed by atoms with Crippen LogP contribution < -0.4 is 16.0 Å². The molecule has 0 bridgehead atoms. The first-order chi connectivity index (χ1) is 22.1. The lowest BCUT2D eigenvalue weighted by atomic mass is 10.0. The van der Waals surface area contributed by atoms with Gasteiger partial charge in [-0.05, 0) is 70.9 Å². The summed E-state index contributed by atoms with van der Waals surface area (Å²) < 4.78 is 40.2. The zero-order valence-corrected chi connectivity index (χ0v) is 25.5. The third-order valence-electron chi connectivity index (χ3n) is 6.67. The number of rotatable bonds is 9. The Balaban J connectivity index is 1.32. The summed E-state index contributed by atoms with van der Waals surface area (Å²) in [6.07, 6.45) is -3.10. The molecule has 0 atom stereocenters. The summed E-state index contributed by atoms with van der Waals surface area (Å²) in [6.45, 7) is 0. The first-order valence-electron chi connectivity index (χ1n) is 13.8. The topological polar surface area (TPSA) is 87.3 Å². The van der Waals surface area contributed by atoms with Crippen LogP contribution >= 0.6 is 23.4 Å². The Labute approximate surface area is 271 Å². The van der Waals surface area contributed by atoms with Gasteiger partial charge in [-0.3, -0.25) is 14.4 Å². The molecule has 0 aromatic heterocycles. The number of carbonyl (C=O) groups excluding carboxylic acids is 3. The van der Waals surface area contributed by atoms with Gasteiger partial charge in [0.15, 0.2) is 0 Å². The highest BCUT2D eigenvalue weighted by Crippen LogP contribution is 2.36. The number of anilines is 2. The minimum Gasteiger partial charge on any atom is -0.325 e. The zero-order chi connectivity index (χ0) is 32.7. The molecular formula is C35H25ClF3N3O3S. The minimum atomic E-state index is -4.70. The van der Waals surface area contributed by atoms with Crippen LogP contribution in [-0.4, -0.2) is 23.5 Å². The summed E-state index contributed by atoms with van der Waals surface area (Å²) in [6, 6.07) is 31.5. The Hall–Kier alpha value is -5.06. The van der Waals surface area contributed by atoms with Crippen LogP contribution in [0.2, 0.25) is 5.02 Å².